The van der Waals surface area contributed by atoms with Crippen LogP contribution in [-0.2, 0) is 20.8 Å². The van der Waals surface area contributed by atoms with E-state index in [1.54, 1.807) is 0 Å². The number of rotatable bonds is 12. The zero-order valence-corrected chi connectivity index (χ0v) is 22.1. The van der Waals surface area contributed by atoms with E-state index < -0.39 is 11.9 Å². The third-order valence-corrected chi connectivity index (χ3v) is 8.16. The van der Waals surface area contributed by atoms with Crippen LogP contribution in [0, 0.1) is 5.92 Å². The van der Waals surface area contributed by atoms with Crippen LogP contribution in [0.1, 0.15) is 62.5 Å². The van der Waals surface area contributed by atoms with Gasteiger partial charge in [-0.25, -0.2) is 0 Å². The van der Waals surface area contributed by atoms with Crippen LogP contribution in [0.4, 0.5) is 0 Å². The molecule has 3 N–H and O–H groups in total. The van der Waals surface area contributed by atoms with Gasteiger partial charge in [0.2, 0.25) is 11.8 Å². The molecule has 0 saturated carbocycles. The Hall–Kier alpha value is -2.65. The molecule has 2 amide bonds. The molecule has 37 heavy (non-hydrogen) atoms. The summed E-state index contributed by atoms with van der Waals surface area (Å²) in [6.07, 6.45) is 5.69. The fraction of sp³-hybridized carbons (Fsp3) is 0.679. The average molecular weight is 515 g/mol. The number of unbranched alkanes of at least 4 members (excludes halogenated alkanes) is 1. The van der Waals surface area contributed by atoms with Crippen LogP contribution in [-0.4, -0.2) is 96.1 Å². The van der Waals surface area contributed by atoms with Gasteiger partial charge >= 0.3 is 5.97 Å². The summed E-state index contributed by atoms with van der Waals surface area (Å²) in [5.74, 6) is -0.748. The van der Waals surface area contributed by atoms with Crippen molar-refractivity contribution in [1.82, 2.24) is 14.7 Å². The third kappa shape index (κ3) is 6.44. The maximum Gasteiger partial charge on any atom is 0.308 e. The number of nitrogens with two attached hydrogens (primary N) is 1. The van der Waals surface area contributed by atoms with E-state index in [1.807, 2.05) is 21.9 Å². The van der Waals surface area contributed by atoms with Crippen LogP contribution in [0.3, 0.4) is 0 Å². The highest BCUT2D eigenvalue weighted by Crippen LogP contribution is 2.41. The normalized spacial score (nSPS) is 23.7. The molecule has 4 rings (SSSR count). The number of nitrogens with zero attached hydrogens (tertiary/aromatic N) is 3. The Morgan fingerprint density at radius 1 is 1.22 bits per heavy atom. The lowest BCUT2D eigenvalue weighted by Crippen LogP contribution is -2.47. The number of amides is 2. The Kier molecular flexibility index (Phi) is 9.43. The minimum atomic E-state index is -0.850. The van der Waals surface area contributed by atoms with Crippen molar-refractivity contribution >= 4 is 17.8 Å². The van der Waals surface area contributed by atoms with Crippen molar-refractivity contribution in [3.05, 3.63) is 29.3 Å². The Morgan fingerprint density at radius 3 is 2.78 bits per heavy atom. The van der Waals surface area contributed by atoms with Crippen molar-refractivity contribution in [3.8, 4) is 5.75 Å². The lowest BCUT2D eigenvalue weighted by atomic mass is 9.83. The molecule has 0 aliphatic carbocycles. The minimum absolute atomic E-state index is 0.00917. The first-order valence-corrected chi connectivity index (χ1v) is 13.9. The van der Waals surface area contributed by atoms with E-state index in [0.717, 1.165) is 55.5 Å². The molecule has 3 aliphatic rings. The molecular formula is C28H42N4O5. The molecule has 1 aromatic rings. The molecule has 3 atom stereocenters. The summed E-state index contributed by atoms with van der Waals surface area (Å²) in [7, 11) is 0. The molecule has 0 radical (unpaired) electrons. The van der Waals surface area contributed by atoms with Crippen LogP contribution in [0.15, 0.2) is 18.2 Å². The van der Waals surface area contributed by atoms with Crippen molar-refractivity contribution in [2.24, 2.45) is 11.7 Å². The Bertz CT molecular complexity index is 970. The molecule has 0 aromatic heterocycles. The number of hydrogen-bond acceptors (Lipinski definition) is 6. The number of likely N-dealkylation sites (tertiary alicyclic amines) is 2. The lowest BCUT2D eigenvalue weighted by molar-refractivity contribution is -0.144. The zero-order valence-electron chi connectivity index (χ0n) is 22.1. The molecule has 2 saturated heterocycles. The molecule has 3 aliphatic heterocycles. The summed E-state index contributed by atoms with van der Waals surface area (Å²) in [5, 5.41) is 10.4. The van der Waals surface area contributed by atoms with E-state index in [1.165, 1.54) is 0 Å². The van der Waals surface area contributed by atoms with E-state index in [0.29, 0.717) is 52.2 Å². The molecule has 9 nitrogen and oxygen atoms in total. The highest BCUT2D eigenvalue weighted by atomic mass is 16.5. The van der Waals surface area contributed by atoms with Gasteiger partial charge in [-0.15, -0.1) is 0 Å². The number of carbonyl (C=O) groups is 3. The number of hydrogen-bond donors (Lipinski definition) is 2. The molecular weight excluding hydrogens is 472 g/mol. The average Bonchev–Trinajstić information content (AvgIpc) is 3.50. The number of carboxylic acid groups (broad SMARTS) is 1. The highest BCUT2D eigenvalue weighted by Gasteiger charge is 2.47. The highest BCUT2D eigenvalue weighted by molar-refractivity contribution is 5.79. The zero-order chi connectivity index (χ0) is 26.4. The van der Waals surface area contributed by atoms with Gasteiger partial charge in [0.25, 0.3) is 0 Å². The van der Waals surface area contributed by atoms with E-state index in [-0.39, 0.29) is 30.3 Å². The van der Waals surface area contributed by atoms with Crippen LogP contribution in [0.2, 0.25) is 0 Å². The molecule has 204 valence electrons. The first kappa shape index (κ1) is 27.4. The molecule has 1 aromatic carbocycles. The maximum atomic E-state index is 13.4. The van der Waals surface area contributed by atoms with E-state index >= 15 is 0 Å². The van der Waals surface area contributed by atoms with Crippen LogP contribution < -0.4 is 10.5 Å². The summed E-state index contributed by atoms with van der Waals surface area (Å²) >= 11 is 0. The van der Waals surface area contributed by atoms with Crippen molar-refractivity contribution in [2.45, 2.75) is 63.8 Å². The number of piperidine rings is 1. The number of aliphatic carboxylic acids is 1. The number of benzene rings is 1. The Morgan fingerprint density at radius 2 is 2.05 bits per heavy atom. The molecule has 9 heteroatoms. The molecule has 0 bridgehead atoms. The number of carboxylic acids is 1. The second-order valence-corrected chi connectivity index (χ2v) is 10.6. The van der Waals surface area contributed by atoms with E-state index in [2.05, 4.69) is 17.9 Å². The summed E-state index contributed by atoms with van der Waals surface area (Å²) < 4.78 is 5.66. The summed E-state index contributed by atoms with van der Waals surface area (Å²) in [6, 6.07) is 5.67. The quantitative estimate of drug-likeness (QED) is 0.439. The topological polar surface area (TPSA) is 116 Å². The molecule has 2 fully saturated rings. The second kappa shape index (κ2) is 12.7. The van der Waals surface area contributed by atoms with Crippen LogP contribution in [0.5, 0.6) is 5.75 Å². The fourth-order valence-electron chi connectivity index (χ4n) is 6.15. The number of ether oxygens (including phenoxy) is 1. The first-order valence-electron chi connectivity index (χ1n) is 13.9. The third-order valence-electron chi connectivity index (χ3n) is 8.16. The predicted molar refractivity (Wildman–Crippen MR) is 140 cm³/mol. The standard InChI is InChI=1S/C28H42N4O5/c1-2-3-12-31(15-11-29)26(34)19-32-18-22(20-7-8-24-21(17-20)10-16-37-24)27(28(35)36)23(32)9-14-30-13-5-4-6-25(30)33/h7-8,17,22-23,27H,2-6,9-16,18-19,29H2,1H3,(H,35,36). The minimum Gasteiger partial charge on any atom is -0.493 e. The number of carbonyl (C=O) groups excluding carboxylic acids is 2. The summed E-state index contributed by atoms with van der Waals surface area (Å²) in [4.78, 5) is 44.3. The summed E-state index contributed by atoms with van der Waals surface area (Å²) in [5.41, 5.74) is 7.88. The van der Waals surface area contributed by atoms with Crippen molar-refractivity contribution < 1.29 is 24.2 Å². The van der Waals surface area contributed by atoms with Gasteiger partial charge in [0.15, 0.2) is 0 Å². The van der Waals surface area contributed by atoms with E-state index in [4.69, 9.17) is 10.5 Å². The van der Waals surface area contributed by atoms with Crippen LogP contribution >= 0.6 is 0 Å². The molecule has 0 spiro atoms. The molecule has 3 heterocycles. The van der Waals surface area contributed by atoms with Crippen molar-refractivity contribution in [3.63, 3.8) is 0 Å². The smallest absolute Gasteiger partial charge is 0.308 e. The summed E-state index contributed by atoms with van der Waals surface area (Å²) in [6.45, 7) is 6.18. The Balaban J connectivity index is 1.57. The van der Waals surface area contributed by atoms with Gasteiger partial charge in [-0.05, 0) is 42.9 Å². The van der Waals surface area contributed by atoms with Gasteiger partial charge in [0.1, 0.15) is 5.75 Å². The predicted octanol–water partition coefficient (Wildman–Crippen LogP) is 2.08. The first-order chi connectivity index (χ1) is 17.9. The van der Waals surface area contributed by atoms with E-state index in [9.17, 15) is 19.5 Å². The van der Waals surface area contributed by atoms with Gasteiger partial charge in [-0.1, -0.05) is 25.5 Å². The lowest BCUT2D eigenvalue weighted by Gasteiger charge is -2.32. The molecule has 3 unspecified atom stereocenters. The fourth-order valence-corrected chi connectivity index (χ4v) is 6.15. The largest absolute Gasteiger partial charge is 0.493 e. The van der Waals surface area contributed by atoms with Gasteiger partial charge in [0, 0.05) is 64.1 Å². The second-order valence-electron chi connectivity index (χ2n) is 10.6. The Labute approximate surface area is 219 Å². The van der Waals surface area contributed by atoms with Gasteiger partial charge in [0.05, 0.1) is 19.1 Å². The van der Waals surface area contributed by atoms with Gasteiger partial charge in [-0.2, -0.15) is 0 Å². The van der Waals surface area contributed by atoms with Gasteiger partial charge < -0.3 is 25.4 Å². The van der Waals surface area contributed by atoms with Crippen molar-refractivity contribution in [2.75, 3.05) is 52.4 Å². The SMILES string of the molecule is CCCCN(CCN)C(=O)CN1CC(c2ccc3c(c2)CCO3)C(C(=O)O)C1CCN1CCCCC1=O. The van der Waals surface area contributed by atoms with Crippen LogP contribution in [0.25, 0.3) is 0 Å². The number of fused-ring (bicyclic) bond motifs is 1. The van der Waals surface area contributed by atoms with Gasteiger partial charge in [-0.3, -0.25) is 19.3 Å². The maximum absolute atomic E-state index is 13.4. The monoisotopic (exact) mass is 514 g/mol. The van der Waals surface area contributed by atoms with Crippen molar-refractivity contribution in [1.29, 1.82) is 0 Å².